The minimum absolute atomic E-state index is 0.456. The van der Waals surface area contributed by atoms with Crippen LogP contribution in [-0.2, 0) is 0 Å². The van der Waals surface area contributed by atoms with Crippen molar-refractivity contribution < 1.29 is 9.47 Å². The third-order valence-corrected chi connectivity index (χ3v) is 10.7. The van der Waals surface area contributed by atoms with Gasteiger partial charge in [0, 0.05) is 81.6 Å². The number of hydrogen-bond donors (Lipinski definition) is 0. The molecule has 0 aliphatic heterocycles. The molecule has 0 saturated heterocycles. The summed E-state index contributed by atoms with van der Waals surface area (Å²) in [4.78, 5) is 18.3. The van der Waals surface area contributed by atoms with E-state index in [0.29, 0.717) is 29.2 Å². The number of anilines is 6. The van der Waals surface area contributed by atoms with E-state index in [9.17, 15) is 0 Å². The molecule has 0 radical (unpaired) electrons. The van der Waals surface area contributed by atoms with E-state index in [-0.39, 0.29) is 0 Å². The van der Waals surface area contributed by atoms with Crippen LogP contribution in [0.2, 0.25) is 0 Å². The van der Waals surface area contributed by atoms with Gasteiger partial charge >= 0.3 is 0 Å². The molecule has 0 atom stereocenters. The molecule has 0 saturated carbocycles. The Morgan fingerprint density at radius 1 is 0.365 bits per heavy atom. The van der Waals surface area contributed by atoms with Crippen molar-refractivity contribution in [3.05, 3.63) is 219 Å². The Labute approximate surface area is 362 Å². The lowest BCUT2D eigenvalue weighted by atomic mass is 10.1. The average molecular weight is 817 g/mol. The summed E-state index contributed by atoms with van der Waals surface area (Å²) in [5.41, 5.74) is 8.93. The largest absolute Gasteiger partial charge is 0.439 e. The first-order valence-corrected chi connectivity index (χ1v) is 20.5. The summed E-state index contributed by atoms with van der Waals surface area (Å²) >= 11 is 0. The van der Waals surface area contributed by atoms with Crippen LogP contribution < -0.4 is 19.3 Å². The van der Waals surface area contributed by atoms with Crippen LogP contribution in [0.4, 0.5) is 34.1 Å². The van der Waals surface area contributed by atoms with E-state index in [0.717, 1.165) is 67.0 Å². The van der Waals surface area contributed by atoms with Crippen molar-refractivity contribution in [3.8, 4) is 29.2 Å². The molecule has 0 aliphatic rings. The van der Waals surface area contributed by atoms with Gasteiger partial charge in [-0.25, -0.2) is 15.0 Å². The molecule has 0 bridgehead atoms. The third-order valence-electron chi connectivity index (χ3n) is 10.7. The third kappa shape index (κ3) is 7.38. The van der Waals surface area contributed by atoms with Gasteiger partial charge in [-0.3, -0.25) is 4.57 Å². The summed E-state index contributed by atoms with van der Waals surface area (Å²) < 4.78 is 14.5. The van der Waals surface area contributed by atoms with Gasteiger partial charge < -0.3 is 19.3 Å². The summed E-state index contributed by atoms with van der Waals surface area (Å²) in [6.07, 6.45) is 3.44. The molecular weight excluding hydrogens is 781 g/mol. The maximum Gasteiger partial charge on any atom is 0.255 e. The highest BCUT2D eigenvalue weighted by Gasteiger charge is 2.22. The SMILES string of the molecule is c1ccc(N(c2cccc(Oc3ccccn3)c2)c2ccc3c4ccc(N(c5ccccc5)c5cccc(Oc6ccccn6)c5)cc4n(-c4nnc5ccccc5n4)c3c2)cc1. The predicted molar refractivity (Wildman–Crippen MR) is 250 cm³/mol. The highest BCUT2D eigenvalue weighted by Crippen LogP contribution is 2.43. The molecule has 0 amide bonds. The standard InChI is InChI=1S/C53H36N8O2/c1-3-15-37(16-4-1)59(39-19-13-21-43(33-39)62-51-25-9-11-31-54-51)41-27-29-45-46-30-28-42(36-50(46)61(49(45)35-41)53-56-47-23-7-8-24-48(47)57-58-53)60(38-17-5-2-6-18-38)40-20-14-22-44(34-40)63-52-26-10-12-32-55-52/h1-36H. The number of nitrogens with zero attached hydrogens (tertiary/aromatic N) is 8. The van der Waals surface area contributed by atoms with Gasteiger partial charge in [0.2, 0.25) is 11.8 Å². The van der Waals surface area contributed by atoms with Crippen LogP contribution >= 0.6 is 0 Å². The van der Waals surface area contributed by atoms with Crippen LogP contribution in [0.1, 0.15) is 0 Å². The number of hydrogen-bond acceptors (Lipinski definition) is 9. The Hall–Kier alpha value is -8.89. The van der Waals surface area contributed by atoms with E-state index >= 15 is 0 Å². The van der Waals surface area contributed by atoms with Gasteiger partial charge in [0.1, 0.15) is 17.0 Å². The Bertz CT molecular complexity index is 3180. The minimum Gasteiger partial charge on any atom is -0.439 e. The van der Waals surface area contributed by atoms with Crippen LogP contribution in [-0.4, -0.2) is 29.7 Å². The van der Waals surface area contributed by atoms with E-state index in [1.807, 2.05) is 133 Å². The monoisotopic (exact) mass is 816 g/mol. The molecule has 0 N–H and O–H groups in total. The van der Waals surface area contributed by atoms with Gasteiger partial charge in [0.05, 0.1) is 16.6 Å². The van der Waals surface area contributed by atoms with E-state index in [1.54, 1.807) is 12.4 Å². The molecule has 0 fully saturated rings. The second-order valence-corrected chi connectivity index (χ2v) is 14.7. The van der Waals surface area contributed by atoms with E-state index in [2.05, 4.69) is 102 Å². The van der Waals surface area contributed by atoms with Crippen LogP contribution in [0.25, 0.3) is 38.8 Å². The first-order valence-electron chi connectivity index (χ1n) is 20.5. The van der Waals surface area contributed by atoms with Crippen molar-refractivity contribution in [2.45, 2.75) is 0 Å². The fourth-order valence-corrected chi connectivity index (χ4v) is 7.93. The van der Waals surface area contributed by atoms with Crippen molar-refractivity contribution >= 4 is 67.0 Å². The van der Waals surface area contributed by atoms with Gasteiger partial charge in [-0.2, -0.15) is 0 Å². The number of ether oxygens (including phenoxy) is 2. The van der Waals surface area contributed by atoms with Gasteiger partial charge in [-0.15, -0.1) is 10.2 Å². The first kappa shape index (κ1) is 37.1. The molecule has 11 aromatic rings. The molecule has 4 aromatic heterocycles. The molecule has 300 valence electrons. The topological polar surface area (TPSA) is 94.3 Å². The van der Waals surface area contributed by atoms with Gasteiger partial charge in [0.25, 0.3) is 5.95 Å². The van der Waals surface area contributed by atoms with Crippen LogP contribution in [0.5, 0.6) is 23.3 Å². The Morgan fingerprint density at radius 2 is 0.825 bits per heavy atom. The van der Waals surface area contributed by atoms with Gasteiger partial charge in [-0.1, -0.05) is 84.9 Å². The summed E-state index contributed by atoms with van der Waals surface area (Å²) in [7, 11) is 0. The molecule has 63 heavy (non-hydrogen) atoms. The zero-order valence-corrected chi connectivity index (χ0v) is 33.7. The number of para-hydroxylation sites is 3. The molecule has 11 rings (SSSR count). The number of rotatable bonds is 11. The number of aromatic nitrogens is 6. The smallest absolute Gasteiger partial charge is 0.255 e. The van der Waals surface area contributed by atoms with Crippen molar-refractivity contribution in [2.75, 3.05) is 9.80 Å². The van der Waals surface area contributed by atoms with Crippen molar-refractivity contribution in [1.29, 1.82) is 0 Å². The van der Waals surface area contributed by atoms with E-state index in [4.69, 9.17) is 19.6 Å². The minimum atomic E-state index is 0.456. The van der Waals surface area contributed by atoms with Crippen LogP contribution in [0.15, 0.2) is 219 Å². The van der Waals surface area contributed by atoms with Crippen molar-refractivity contribution in [1.82, 2.24) is 29.7 Å². The first-order chi connectivity index (χ1) is 31.2. The summed E-state index contributed by atoms with van der Waals surface area (Å²) in [5, 5.41) is 11.5. The molecule has 0 spiro atoms. The molecule has 0 unspecified atom stereocenters. The van der Waals surface area contributed by atoms with Gasteiger partial charge in [0.15, 0.2) is 0 Å². The molecule has 7 aromatic carbocycles. The second kappa shape index (κ2) is 16.3. The maximum absolute atomic E-state index is 6.21. The van der Waals surface area contributed by atoms with Crippen molar-refractivity contribution in [2.24, 2.45) is 0 Å². The molecule has 10 nitrogen and oxygen atoms in total. The lowest BCUT2D eigenvalue weighted by Gasteiger charge is -2.26. The van der Waals surface area contributed by atoms with E-state index < -0.39 is 0 Å². The molecule has 4 heterocycles. The quantitative estimate of drug-likeness (QED) is 0.126. The highest BCUT2D eigenvalue weighted by molar-refractivity contribution is 6.11. The second-order valence-electron chi connectivity index (χ2n) is 14.7. The lowest BCUT2D eigenvalue weighted by Crippen LogP contribution is -2.11. The van der Waals surface area contributed by atoms with Crippen LogP contribution in [0, 0.1) is 0 Å². The van der Waals surface area contributed by atoms with Gasteiger partial charge in [-0.05, 0) is 97.1 Å². The summed E-state index contributed by atoms with van der Waals surface area (Å²) in [6.45, 7) is 0. The average Bonchev–Trinajstić information content (AvgIpc) is 3.66. The molecular formula is C53H36N8O2. The van der Waals surface area contributed by atoms with E-state index in [1.165, 1.54) is 0 Å². The molecule has 0 aliphatic carbocycles. The predicted octanol–water partition coefficient (Wildman–Crippen LogP) is 13.4. The zero-order chi connectivity index (χ0) is 42.0. The Kier molecular flexibility index (Phi) is 9.60. The number of fused-ring (bicyclic) bond motifs is 4. The summed E-state index contributed by atoms with van der Waals surface area (Å²) in [5.74, 6) is 2.83. The Morgan fingerprint density at radius 3 is 1.33 bits per heavy atom. The number of pyridine rings is 2. The zero-order valence-electron chi connectivity index (χ0n) is 33.7. The normalized spacial score (nSPS) is 11.2. The lowest BCUT2D eigenvalue weighted by molar-refractivity contribution is 0.463. The fraction of sp³-hybridized carbons (Fsp3) is 0. The van der Waals surface area contributed by atoms with Crippen molar-refractivity contribution in [3.63, 3.8) is 0 Å². The molecule has 10 heteroatoms. The Balaban J connectivity index is 1.10. The highest BCUT2D eigenvalue weighted by atomic mass is 16.5. The fourth-order valence-electron chi connectivity index (χ4n) is 7.93. The van der Waals surface area contributed by atoms with Crippen LogP contribution in [0.3, 0.4) is 0 Å². The number of benzene rings is 7. The summed E-state index contributed by atoms with van der Waals surface area (Å²) in [6, 6.07) is 68.8. The maximum atomic E-state index is 6.21.